The van der Waals surface area contributed by atoms with Crippen LogP contribution in [0.25, 0.3) is 6.08 Å². The van der Waals surface area contributed by atoms with Gasteiger partial charge in [-0.15, -0.1) is 0 Å². The molecule has 1 heterocycles. The van der Waals surface area contributed by atoms with E-state index in [4.69, 9.17) is 0 Å². The minimum atomic E-state index is -0.338. The second-order valence-electron chi connectivity index (χ2n) is 6.40. The number of thioether (sulfide) groups is 1. The number of benzene rings is 2. The van der Waals surface area contributed by atoms with Crippen LogP contribution in [0.5, 0.6) is 0 Å². The normalized spacial score (nSPS) is 15.5. The predicted octanol–water partition coefficient (Wildman–Crippen LogP) is 4.42. The summed E-state index contributed by atoms with van der Waals surface area (Å²) in [6.45, 7) is 0.0987. The molecule has 0 saturated carbocycles. The molecule has 0 unspecified atom stereocenters. The van der Waals surface area contributed by atoms with Gasteiger partial charge >= 0.3 is 0 Å². The smallest absolute Gasteiger partial charge is 0.293 e. The van der Waals surface area contributed by atoms with Crippen molar-refractivity contribution in [3.63, 3.8) is 0 Å². The van der Waals surface area contributed by atoms with Gasteiger partial charge in [-0.25, -0.2) is 0 Å². The number of carbonyl (C=O) groups excluding carboxylic acids is 2. The van der Waals surface area contributed by atoms with Crippen LogP contribution in [0.15, 0.2) is 65.6 Å². The Labute approximate surface area is 168 Å². The summed E-state index contributed by atoms with van der Waals surface area (Å²) in [7, 11) is 3.96. The molecule has 1 aliphatic heterocycles. The van der Waals surface area contributed by atoms with Gasteiger partial charge in [-0.2, -0.15) is 5.26 Å². The molecule has 0 aromatic heterocycles. The average molecular weight is 389 g/mol. The van der Waals surface area contributed by atoms with Crippen molar-refractivity contribution in [1.82, 2.24) is 4.90 Å². The summed E-state index contributed by atoms with van der Waals surface area (Å²) >= 11 is 0.914. The van der Waals surface area contributed by atoms with Crippen molar-refractivity contribution < 1.29 is 9.59 Å². The zero-order chi connectivity index (χ0) is 20.1. The van der Waals surface area contributed by atoms with Gasteiger partial charge < -0.3 is 4.90 Å². The number of rotatable bonds is 5. The number of nitriles is 1. The van der Waals surface area contributed by atoms with Gasteiger partial charge in [0.1, 0.15) is 0 Å². The van der Waals surface area contributed by atoms with Crippen molar-refractivity contribution in [2.75, 3.05) is 19.0 Å². The van der Waals surface area contributed by atoms with Gasteiger partial charge in [0, 0.05) is 19.8 Å². The Balaban J connectivity index is 1.71. The first-order valence-corrected chi connectivity index (χ1v) is 9.48. The summed E-state index contributed by atoms with van der Waals surface area (Å²) in [5.41, 5.74) is 3.23. The lowest BCUT2D eigenvalue weighted by Crippen LogP contribution is -2.27. The van der Waals surface area contributed by atoms with E-state index in [1.54, 1.807) is 36.4 Å². The molecular weight excluding hydrogens is 370 g/mol. The first kappa shape index (κ1) is 19.5. The number of hydrogen-bond donors (Lipinski definition) is 0. The van der Waals surface area contributed by atoms with E-state index >= 15 is 0 Å². The monoisotopic (exact) mass is 389 g/mol. The molecule has 0 bridgehead atoms. The quantitative estimate of drug-likeness (QED) is 0.709. The molecule has 2 amide bonds. The number of hydrogen-bond acceptors (Lipinski definition) is 5. The molecule has 1 saturated heterocycles. The summed E-state index contributed by atoms with van der Waals surface area (Å²) in [5, 5.41) is 8.86. The van der Waals surface area contributed by atoms with E-state index in [9.17, 15) is 14.9 Å². The van der Waals surface area contributed by atoms with E-state index in [0.29, 0.717) is 16.0 Å². The van der Waals surface area contributed by atoms with Gasteiger partial charge in [0.2, 0.25) is 0 Å². The number of amides is 2. The van der Waals surface area contributed by atoms with E-state index < -0.39 is 0 Å². The van der Waals surface area contributed by atoms with Gasteiger partial charge in [0.25, 0.3) is 11.1 Å². The maximum absolute atomic E-state index is 12.6. The third-order valence-corrected chi connectivity index (χ3v) is 5.21. The van der Waals surface area contributed by atoms with Gasteiger partial charge in [-0.05, 0) is 47.2 Å². The highest BCUT2D eigenvalue weighted by Gasteiger charge is 2.34. The average Bonchev–Trinajstić information content (AvgIpc) is 2.96. The van der Waals surface area contributed by atoms with Crippen LogP contribution in [0.1, 0.15) is 16.7 Å². The van der Waals surface area contributed by atoms with Crippen LogP contribution in [-0.2, 0) is 11.3 Å². The van der Waals surface area contributed by atoms with Crippen molar-refractivity contribution in [3.8, 4) is 6.07 Å². The molecule has 0 spiro atoms. The molecule has 1 fully saturated rings. The van der Waals surface area contributed by atoms with E-state index in [2.05, 4.69) is 6.07 Å². The van der Waals surface area contributed by atoms with Crippen molar-refractivity contribution in [3.05, 3.63) is 82.3 Å². The molecule has 1 aliphatic rings. The highest BCUT2D eigenvalue weighted by Crippen LogP contribution is 2.32. The Kier molecular flexibility index (Phi) is 5.97. The maximum Gasteiger partial charge on any atom is 0.293 e. The van der Waals surface area contributed by atoms with E-state index in [1.165, 1.54) is 4.90 Å². The molecule has 5 nitrogen and oxygen atoms in total. The topological polar surface area (TPSA) is 64.4 Å². The largest absolute Gasteiger partial charge is 0.378 e. The van der Waals surface area contributed by atoms with Crippen LogP contribution in [0.4, 0.5) is 10.5 Å². The highest BCUT2D eigenvalue weighted by atomic mass is 32.2. The first-order valence-electron chi connectivity index (χ1n) is 8.67. The Morgan fingerprint density at radius 2 is 1.82 bits per heavy atom. The summed E-state index contributed by atoms with van der Waals surface area (Å²) in [5.74, 6) is -0.338. The lowest BCUT2D eigenvalue weighted by Gasteiger charge is -2.13. The standard InChI is InChI=1S/C22H19N3O2S/c1-24(2)19-12-10-16(11-13-19)6-5-9-20-21(26)25(22(27)28-20)15-18-8-4-3-7-17(18)14-23/h3-13H,15H2,1-2H3/b6-5+,20-9+. The Hall–Kier alpha value is -3.30. The van der Waals surface area contributed by atoms with E-state index in [-0.39, 0.29) is 17.7 Å². The first-order chi connectivity index (χ1) is 13.5. The molecule has 28 heavy (non-hydrogen) atoms. The van der Waals surface area contributed by atoms with Crippen molar-refractivity contribution in [2.45, 2.75) is 6.54 Å². The maximum atomic E-state index is 12.6. The molecule has 2 aromatic rings. The van der Waals surface area contributed by atoms with Gasteiger partial charge in [0.15, 0.2) is 0 Å². The number of allylic oxidation sites excluding steroid dienone is 2. The number of carbonyl (C=O) groups is 2. The third-order valence-electron chi connectivity index (χ3n) is 4.29. The molecule has 2 aromatic carbocycles. The lowest BCUT2D eigenvalue weighted by atomic mass is 10.1. The van der Waals surface area contributed by atoms with Crippen LogP contribution >= 0.6 is 11.8 Å². The van der Waals surface area contributed by atoms with E-state index in [0.717, 1.165) is 23.0 Å². The summed E-state index contributed by atoms with van der Waals surface area (Å²) in [6.07, 6.45) is 5.31. The van der Waals surface area contributed by atoms with Crippen LogP contribution in [-0.4, -0.2) is 30.1 Å². The summed E-state index contributed by atoms with van der Waals surface area (Å²) < 4.78 is 0. The van der Waals surface area contributed by atoms with E-state index in [1.807, 2.05) is 49.3 Å². The van der Waals surface area contributed by atoms with Crippen molar-refractivity contribution in [2.24, 2.45) is 0 Å². The molecule has 140 valence electrons. The van der Waals surface area contributed by atoms with Crippen LogP contribution in [0.3, 0.4) is 0 Å². The van der Waals surface area contributed by atoms with Crippen LogP contribution < -0.4 is 4.90 Å². The lowest BCUT2D eigenvalue weighted by molar-refractivity contribution is -0.123. The minimum Gasteiger partial charge on any atom is -0.378 e. The third kappa shape index (κ3) is 4.33. The Morgan fingerprint density at radius 1 is 1.11 bits per heavy atom. The zero-order valence-electron chi connectivity index (χ0n) is 15.6. The molecular formula is C22H19N3O2S. The van der Waals surface area contributed by atoms with Crippen molar-refractivity contribution in [1.29, 1.82) is 5.26 Å². The molecule has 3 rings (SSSR count). The number of anilines is 1. The number of nitrogens with zero attached hydrogens (tertiary/aromatic N) is 3. The Morgan fingerprint density at radius 3 is 2.50 bits per heavy atom. The fourth-order valence-corrected chi connectivity index (χ4v) is 3.51. The molecule has 0 aliphatic carbocycles. The predicted molar refractivity (Wildman–Crippen MR) is 113 cm³/mol. The number of imide groups is 1. The minimum absolute atomic E-state index is 0.0987. The fraction of sp³-hybridized carbons (Fsp3) is 0.136. The molecule has 0 N–H and O–H groups in total. The van der Waals surface area contributed by atoms with Gasteiger partial charge in [-0.3, -0.25) is 14.5 Å². The van der Waals surface area contributed by atoms with Gasteiger partial charge in [0.05, 0.1) is 23.1 Å². The van der Waals surface area contributed by atoms with Crippen molar-refractivity contribution >= 4 is 34.7 Å². The SMILES string of the molecule is CN(C)c1ccc(/C=C/C=C2/SC(=O)N(Cc3ccccc3C#N)C2=O)cc1. The molecule has 0 atom stereocenters. The highest BCUT2D eigenvalue weighted by molar-refractivity contribution is 8.18. The van der Waals surface area contributed by atoms with Crippen LogP contribution in [0, 0.1) is 11.3 Å². The molecule has 0 radical (unpaired) electrons. The Bertz CT molecular complexity index is 1000. The second-order valence-corrected chi connectivity index (χ2v) is 7.40. The summed E-state index contributed by atoms with van der Waals surface area (Å²) in [4.78, 5) is 28.4. The van der Waals surface area contributed by atoms with Crippen LogP contribution in [0.2, 0.25) is 0 Å². The van der Waals surface area contributed by atoms with Gasteiger partial charge in [-0.1, -0.05) is 42.5 Å². The second kappa shape index (κ2) is 8.59. The summed E-state index contributed by atoms with van der Waals surface area (Å²) in [6, 6.07) is 17.1. The fourth-order valence-electron chi connectivity index (χ4n) is 2.72. The zero-order valence-corrected chi connectivity index (χ0v) is 16.4. The molecule has 6 heteroatoms.